The minimum absolute atomic E-state index is 0.176. The maximum Gasteiger partial charge on any atom is 0.309 e. The molecule has 112 valence electrons. The molecule has 6 heteroatoms. The standard InChI is InChI=1S/C14H20O6/c1-8(2)12(16)11(15)7-20-14(19)10-6-4-3-5-9(10)13(17)18/h9-11,15H,1,3-7H2,2H3,(H,17,18). The molecular weight excluding hydrogens is 264 g/mol. The number of carbonyl (C=O) groups is 3. The van der Waals surface area contributed by atoms with Gasteiger partial charge in [0.2, 0.25) is 0 Å². The Balaban J connectivity index is 2.55. The summed E-state index contributed by atoms with van der Waals surface area (Å²) < 4.78 is 4.88. The van der Waals surface area contributed by atoms with Crippen molar-refractivity contribution in [1.82, 2.24) is 0 Å². The molecule has 1 aliphatic carbocycles. The van der Waals surface area contributed by atoms with Gasteiger partial charge in [-0.15, -0.1) is 0 Å². The second-order valence-electron chi connectivity index (χ2n) is 5.13. The highest BCUT2D eigenvalue weighted by Gasteiger charge is 2.37. The van der Waals surface area contributed by atoms with Crippen LogP contribution >= 0.6 is 0 Å². The molecule has 0 aromatic rings. The lowest BCUT2D eigenvalue weighted by molar-refractivity contribution is -0.162. The van der Waals surface area contributed by atoms with E-state index in [0.29, 0.717) is 12.8 Å². The van der Waals surface area contributed by atoms with Crippen molar-refractivity contribution < 1.29 is 29.3 Å². The number of carboxylic acid groups (broad SMARTS) is 1. The number of ketones is 1. The molecule has 1 saturated carbocycles. The number of aliphatic carboxylic acids is 1. The third kappa shape index (κ3) is 4.16. The summed E-state index contributed by atoms with van der Waals surface area (Å²) in [4.78, 5) is 34.3. The molecule has 1 rings (SSSR count). The van der Waals surface area contributed by atoms with Gasteiger partial charge in [0.05, 0.1) is 11.8 Å². The predicted octanol–water partition coefficient (Wildman–Crippen LogP) is 0.927. The molecule has 0 saturated heterocycles. The topological polar surface area (TPSA) is 101 Å². The maximum absolute atomic E-state index is 11.9. The maximum atomic E-state index is 11.9. The highest BCUT2D eigenvalue weighted by atomic mass is 16.5. The fourth-order valence-electron chi connectivity index (χ4n) is 2.34. The number of hydrogen-bond donors (Lipinski definition) is 2. The molecule has 0 aromatic heterocycles. The average Bonchev–Trinajstić information content (AvgIpc) is 2.43. The van der Waals surface area contributed by atoms with Gasteiger partial charge in [-0.3, -0.25) is 14.4 Å². The molecule has 20 heavy (non-hydrogen) atoms. The van der Waals surface area contributed by atoms with Gasteiger partial charge in [-0.05, 0) is 25.3 Å². The summed E-state index contributed by atoms with van der Waals surface area (Å²) in [7, 11) is 0. The summed E-state index contributed by atoms with van der Waals surface area (Å²) in [6.07, 6.45) is 1.01. The molecule has 3 unspecified atom stereocenters. The van der Waals surface area contributed by atoms with E-state index in [0.717, 1.165) is 12.8 Å². The minimum Gasteiger partial charge on any atom is -0.481 e. The number of carbonyl (C=O) groups excluding carboxylic acids is 2. The second kappa shape index (κ2) is 7.19. The van der Waals surface area contributed by atoms with Crippen LogP contribution in [0.15, 0.2) is 12.2 Å². The molecule has 1 aliphatic rings. The summed E-state index contributed by atoms with van der Waals surface area (Å²) in [5, 5.41) is 18.6. The van der Waals surface area contributed by atoms with Crippen molar-refractivity contribution in [3.63, 3.8) is 0 Å². The van der Waals surface area contributed by atoms with Crippen LogP contribution in [-0.2, 0) is 19.1 Å². The van der Waals surface area contributed by atoms with Crippen LogP contribution in [0.4, 0.5) is 0 Å². The molecule has 0 radical (unpaired) electrons. The Labute approximate surface area is 117 Å². The molecular formula is C14H20O6. The first-order valence-electron chi connectivity index (χ1n) is 6.61. The average molecular weight is 284 g/mol. The lowest BCUT2D eigenvalue weighted by atomic mass is 9.79. The van der Waals surface area contributed by atoms with Gasteiger partial charge < -0.3 is 14.9 Å². The van der Waals surface area contributed by atoms with E-state index in [9.17, 15) is 19.5 Å². The second-order valence-corrected chi connectivity index (χ2v) is 5.13. The first kappa shape index (κ1) is 16.4. The van der Waals surface area contributed by atoms with Crippen molar-refractivity contribution in [2.45, 2.75) is 38.7 Å². The lowest BCUT2D eigenvalue weighted by Crippen LogP contribution is -2.36. The van der Waals surface area contributed by atoms with Gasteiger partial charge in [-0.2, -0.15) is 0 Å². The van der Waals surface area contributed by atoms with E-state index in [4.69, 9.17) is 9.84 Å². The van der Waals surface area contributed by atoms with Gasteiger partial charge in [-0.25, -0.2) is 0 Å². The molecule has 0 aliphatic heterocycles. The number of hydrogen-bond acceptors (Lipinski definition) is 5. The Hall–Kier alpha value is -1.69. The van der Waals surface area contributed by atoms with E-state index in [2.05, 4.69) is 6.58 Å². The Bertz CT molecular complexity index is 414. The highest BCUT2D eigenvalue weighted by molar-refractivity contribution is 5.97. The molecule has 0 bridgehead atoms. The van der Waals surface area contributed by atoms with Gasteiger partial charge in [0, 0.05) is 0 Å². The van der Waals surface area contributed by atoms with Crippen molar-refractivity contribution in [1.29, 1.82) is 0 Å². The zero-order chi connectivity index (χ0) is 15.3. The third-order valence-electron chi connectivity index (χ3n) is 3.49. The number of ether oxygens (including phenoxy) is 1. The van der Waals surface area contributed by atoms with Crippen LogP contribution in [0.1, 0.15) is 32.6 Å². The fraction of sp³-hybridized carbons (Fsp3) is 0.643. The highest BCUT2D eigenvalue weighted by Crippen LogP contribution is 2.31. The summed E-state index contributed by atoms with van der Waals surface area (Å²) in [6.45, 7) is 4.39. The lowest BCUT2D eigenvalue weighted by Gasteiger charge is -2.26. The van der Waals surface area contributed by atoms with E-state index < -0.39 is 42.3 Å². The molecule has 0 aromatic carbocycles. The summed E-state index contributed by atoms with van der Waals surface area (Å²) >= 11 is 0. The van der Waals surface area contributed by atoms with Crippen LogP contribution < -0.4 is 0 Å². The number of rotatable bonds is 6. The molecule has 0 amide bonds. The van der Waals surface area contributed by atoms with Crippen molar-refractivity contribution in [3.05, 3.63) is 12.2 Å². The van der Waals surface area contributed by atoms with Crippen LogP contribution in [-0.4, -0.2) is 40.6 Å². The smallest absolute Gasteiger partial charge is 0.309 e. The monoisotopic (exact) mass is 284 g/mol. The zero-order valence-electron chi connectivity index (χ0n) is 11.5. The molecule has 6 nitrogen and oxygen atoms in total. The van der Waals surface area contributed by atoms with Gasteiger partial charge in [0.1, 0.15) is 6.61 Å². The van der Waals surface area contributed by atoms with E-state index in [1.54, 1.807) is 0 Å². The van der Waals surface area contributed by atoms with Crippen LogP contribution in [0.3, 0.4) is 0 Å². The summed E-state index contributed by atoms with van der Waals surface area (Å²) in [5.74, 6) is -3.70. The minimum atomic E-state index is -1.44. The number of Topliss-reactive ketones (excluding diaryl/α,β-unsaturated/α-hetero) is 1. The van der Waals surface area contributed by atoms with Gasteiger partial charge >= 0.3 is 11.9 Å². The van der Waals surface area contributed by atoms with Crippen LogP contribution in [0, 0.1) is 11.8 Å². The molecule has 2 N–H and O–H groups in total. The van der Waals surface area contributed by atoms with Crippen molar-refractivity contribution in [2.24, 2.45) is 11.8 Å². The van der Waals surface area contributed by atoms with Crippen LogP contribution in [0.25, 0.3) is 0 Å². The molecule has 0 spiro atoms. The summed E-state index contributed by atoms with van der Waals surface area (Å²) in [6, 6.07) is 0. The van der Waals surface area contributed by atoms with Gasteiger partial charge in [-0.1, -0.05) is 19.4 Å². The Morgan fingerprint density at radius 1 is 1.25 bits per heavy atom. The Morgan fingerprint density at radius 3 is 2.30 bits per heavy atom. The predicted molar refractivity (Wildman–Crippen MR) is 69.9 cm³/mol. The van der Waals surface area contributed by atoms with Crippen molar-refractivity contribution in [2.75, 3.05) is 6.61 Å². The Morgan fingerprint density at radius 2 is 1.80 bits per heavy atom. The van der Waals surface area contributed by atoms with Crippen molar-refractivity contribution in [3.8, 4) is 0 Å². The van der Waals surface area contributed by atoms with E-state index >= 15 is 0 Å². The zero-order valence-corrected chi connectivity index (χ0v) is 11.5. The van der Waals surface area contributed by atoms with E-state index in [1.165, 1.54) is 6.92 Å². The van der Waals surface area contributed by atoms with Crippen molar-refractivity contribution >= 4 is 17.7 Å². The first-order chi connectivity index (χ1) is 9.34. The summed E-state index contributed by atoms with van der Waals surface area (Å²) in [5.41, 5.74) is 0.176. The van der Waals surface area contributed by atoms with Gasteiger partial charge in [0.25, 0.3) is 0 Å². The number of carboxylic acids is 1. The van der Waals surface area contributed by atoms with Crippen LogP contribution in [0.5, 0.6) is 0 Å². The normalized spacial score (nSPS) is 23.7. The van der Waals surface area contributed by atoms with Crippen LogP contribution in [0.2, 0.25) is 0 Å². The first-order valence-corrected chi connectivity index (χ1v) is 6.61. The molecule has 1 fully saturated rings. The Kier molecular flexibility index (Phi) is 5.88. The van der Waals surface area contributed by atoms with E-state index in [-0.39, 0.29) is 5.57 Å². The quantitative estimate of drug-likeness (QED) is 0.556. The van der Waals surface area contributed by atoms with E-state index in [1.807, 2.05) is 0 Å². The molecule has 3 atom stereocenters. The number of esters is 1. The fourth-order valence-corrected chi connectivity index (χ4v) is 2.34. The third-order valence-corrected chi connectivity index (χ3v) is 3.49. The molecule has 0 heterocycles. The number of aliphatic hydroxyl groups is 1. The number of aliphatic hydroxyl groups excluding tert-OH is 1. The van der Waals surface area contributed by atoms with Gasteiger partial charge in [0.15, 0.2) is 11.9 Å². The largest absolute Gasteiger partial charge is 0.481 e. The SMILES string of the molecule is C=C(C)C(=O)C(O)COC(=O)C1CCCCC1C(=O)O.